The van der Waals surface area contributed by atoms with E-state index < -0.39 is 0 Å². The van der Waals surface area contributed by atoms with Crippen LogP contribution in [0.4, 0.5) is 0 Å². The van der Waals surface area contributed by atoms with Gasteiger partial charge in [-0.15, -0.1) is 49.9 Å². The van der Waals surface area contributed by atoms with Gasteiger partial charge in [0.15, 0.2) is 5.65 Å². The van der Waals surface area contributed by atoms with E-state index in [0.717, 1.165) is 157 Å². The summed E-state index contributed by atoms with van der Waals surface area (Å²) in [5, 5.41) is 4.76. The minimum absolute atomic E-state index is 0. The zero-order chi connectivity index (χ0) is 72.2. The predicted octanol–water partition coefficient (Wildman–Crippen LogP) is 20.1. The molecule has 0 N–H and O–H groups in total. The summed E-state index contributed by atoms with van der Waals surface area (Å²) in [6.45, 7) is 86.4. The van der Waals surface area contributed by atoms with Crippen LogP contribution in [0.1, 0.15) is 202 Å². The zero-order valence-corrected chi connectivity index (χ0v) is 84.1. The predicted molar refractivity (Wildman–Crippen MR) is 406 cm³/mol. The Balaban J connectivity index is 0.000000605. The molecule has 12 heterocycles. The average molecular weight is 1810 g/mol. The van der Waals surface area contributed by atoms with Crippen LogP contribution in [0.3, 0.4) is 0 Å². The number of hydrogen-bond donors (Lipinski definition) is 0. The van der Waals surface area contributed by atoms with Gasteiger partial charge in [-0.05, 0) is 211 Å². The first-order valence-corrected chi connectivity index (χ1v) is 33.0. The van der Waals surface area contributed by atoms with Crippen molar-refractivity contribution in [2.45, 2.75) is 208 Å². The molecule has 0 atom stereocenters. The van der Waals surface area contributed by atoms with Gasteiger partial charge in [-0.3, -0.25) is 39.9 Å². The van der Waals surface area contributed by atoms with E-state index in [1.54, 1.807) is 0 Å². The number of hydrogen-bond acceptors (Lipinski definition) is 12. The van der Waals surface area contributed by atoms with Crippen LogP contribution in [0.15, 0.2) is 0 Å². The zero-order valence-electron chi connectivity index (χ0n) is 67.1. The van der Waals surface area contributed by atoms with Crippen LogP contribution in [0, 0.1) is 249 Å². The number of aryl methyl sites for hydroxylation is 22. The summed E-state index contributed by atoms with van der Waals surface area (Å²) in [5.41, 5.74) is 48.1. The monoisotopic (exact) mass is 1810 g/mol. The fourth-order valence-electron chi connectivity index (χ4n) is 12.4. The van der Waals surface area contributed by atoms with Gasteiger partial charge in [0.05, 0.1) is 27.8 Å². The molecule has 0 fully saturated rings. The summed E-state index contributed by atoms with van der Waals surface area (Å²) in [4.78, 5) is 54.8. The van der Waals surface area contributed by atoms with Crippen LogP contribution in [0.2, 0.25) is 0 Å². The molecule has 0 saturated carbocycles. The molecule has 0 aliphatic carbocycles. The molecule has 0 amide bonds. The maximum absolute atomic E-state index is 4.68. The summed E-state index contributed by atoms with van der Waals surface area (Å²) >= 11 is 0. The Bertz CT molecular complexity index is 4730. The van der Waals surface area contributed by atoms with E-state index >= 15 is 0 Å². The van der Waals surface area contributed by atoms with E-state index in [9.17, 15) is 0 Å². The molecule has 0 aliphatic heterocycles. The molecule has 522 valence electrons. The van der Waals surface area contributed by atoms with Gasteiger partial charge >= 0.3 is 0 Å². The molecule has 0 saturated heterocycles. The second-order valence-corrected chi connectivity index (χ2v) is 26.7. The molecule has 12 aromatic rings. The third-order valence-electron chi connectivity index (χ3n) is 21.1. The first kappa shape index (κ1) is 97.2. The van der Waals surface area contributed by atoms with Gasteiger partial charge in [0.2, 0.25) is 0 Å². The van der Waals surface area contributed by atoms with Gasteiger partial charge in [0.25, 0.3) is 0 Å². The fourth-order valence-corrected chi connectivity index (χ4v) is 12.4. The molecular weight excluding hydrogens is 1710 g/mol. The maximum atomic E-state index is 4.68. The van der Waals surface area contributed by atoms with E-state index in [2.05, 4.69) is 254 Å². The summed E-state index contributed by atoms with van der Waals surface area (Å²) < 4.78 is 0. The van der Waals surface area contributed by atoms with Crippen molar-refractivity contribution in [2.24, 2.45) is 0 Å². The third-order valence-corrected chi connectivity index (χ3v) is 21.1. The van der Waals surface area contributed by atoms with Crippen LogP contribution in [0.5, 0.6) is 0 Å². The van der Waals surface area contributed by atoms with Gasteiger partial charge in [-0.2, -0.15) is 41.7 Å². The average Bonchev–Trinajstić information content (AvgIpc) is 0.809. The van der Waals surface area contributed by atoms with Crippen molar-refractivity contribution in [3.8, 4) is 0 Å². The Hall–Kier alpha value is -2.80. The van der Waals surface area contributed by atoms with E-state index in [0.29, 0.717) is 0 Å². The maximum Gasteiger partial charge on any atom is 0.155 e. The van der Waals surface area contributed by atoms with Gasteiger partial charge in [0.1, 0.15) is 5.65 Å². The first-order valence-electron chi connectivity index (χ1n) is 33.0. The van der Waals surface area contributed by atoms with Gasteiger partial charge in [0, 0.05) is 252 Å². The number of nitrogens with zero attached hydrogens (tertiary/aromatic N) is 12. The summed E-state index contributed by atoms with van der Waals surface area (Å²) in [7, 11) is 0. The summed E-state index contributed by atoms with van der Waals surface area (Å²) in [5.74, 6) is 0. The largest absolute Gasteiger partial charge is 0.316 e. The van der Waals surface area contributed by atoms with Crippen molar-refractivity contribution >= 4 is 65.9 Å². The Morgan fingerprint density at radius 2 is 0.402 bits per heavy atom. The van der Waals surface area contributed by atoms with Crippen molar-refractivity contribution < 1.29 is 196 Å². The minimum atomic E-state index is 0. The summed E-state index contributed by atoms with van der Waals surface area (Å²) in [6, 6.07) is 0. The van der Waals surface area contributed by atoms with Crippen LogP contribution in [-0.2, 0) is 196 Å². The molecule has 12 aromatic heterocycles. The Morgan fingerprint density at radius 1 is 0.147 bits per heavy atom. The van der Waals surface area contributed by atoms with Crippen LogP contribution >= 0.6 is 0 Å². The van der Waals surface area contributed by atoms with Gasteiger partial charge < -0.3 is 9.97 Å². The number of aromatic nitrogens is 12. The number of fused-ring (bicyclic) bond motifs is 6. The summed E-state index contributed by atoms with van der Waals surface area (Å²) in [6.07, 6.45) is 0. The molecule has 12 nitrogen and oxygen atoms in total. The van der Waals surface area contributed by atoms with Gasteiger partial charge in [-0.1, -0.05) is 92.2 Å². The fraction of sp³-hybridized carbons (Fsp3) is 0.357. The van der Waals surface area contributed by atoms with Crippen molar-refractivity contribution in [1.82, 2.24) is 59.8 Å². The number of pyridine rings is 12. The molecule has 6 radical (unpaired) electrons. The smallest absolute Gasteiger partial charge is 0.155 e. The Kier molecular flexibility index (Phi) is 37.7. The second kappa shape index (κ2) is 39.5. The van der Waals surface area contributed by atoms with Crippen LogP contribution in [0.25, 0.3) is 65.9 Å². The van der Waals surface area contributed by atoms with E-state index in [-0.39, 0.29) is 196 Å². The normalized spacial score (nSPS) is 10.4. The minimum Gasteiger partial charge on any atom is -0.316 e. The molecule has 0 aromatic carbocycles. The molecule has 0 bridgehead atoms. The molecule has 12 rings (SSSR count). The molecular formula is C84H102N12Y6-6. The van der Waals surface area contributed by atoms with Crippen molar-refractivity contribution in [3.63, 3.8) is 0 Å². The third kappa shape index (κ3) is 19.8. The molecule has 0 aliphatic rings. The van der Waals surface area contributed by atoms with Crippen LogP contribution < -0.4 is 0 Å². The van der Waals surface area contributed by atoms with Crippen molar-refractivity contribution in [1.29, 1.82) is 0 Å². The topological polar surface area (TPSA) is 155 Å². The van der Waals surface area contributed by atoms with Crippen LogP contribution in [-0.4, -0.2) is 59.8 Å². The van der Waals surface area contributed by atoms with E-state index in [4.69, 9.17) is 0 Å². The molecule has 0 spiro atoms. The first-order chi connectivity index (χ1) is 44.6. The Labute approximate surface area is 762 Å². The van der Waals surface area contributed by atoms with Gasteiger partial charge in [-0.25, -0.2) is 37.7 Å². The molecule has 18 heteroatoms. The quantitative estimate of drug-likeness (QED) is 0.133. The van der Waals surface area contributed by atoms with E-state index in [1.165, 1.54) is 111 Å². The number of rotatable bonds is 0. The SMILES string of the molecule is [CH2-]c1c(C)nc2c(C)c(C)c(C)nc2c1C.[CH2-]c1c(C)nc2nc(C)c(C)c(C)c2c1C.[CH2-]c1nc(C)c2c(C)c(C)c(C)nc2c1C.[CH2-]c1nc(C)c2nc(C)c(C)c(C)c2c1C.[CH2-]c1nc2c(C)c(C)c(C)nc2c(C)c1C.[CH2-]c1nc2nc(C)c(C)c(C)c2c(C)c1C.[Y].[Y].[Y].[Y].[Y].[Y]. The molecule has 0 unspecified atom stereocenters. The second-order valence-electron chi connectivity index (χ2n) is 26.7. The van der Waals surface area contributed by atoms with E-state index in [1.807, 2.05) is 55.4 Å². The Morgan fingerprint density at radius 3 is 0.863 bits per heavy atom. The van der Waals surface area contributed by atoms with Crippen molar-refractivity contribution in [2.75, 3.05) is 0 Å². The standard InChI is InChI=1S/6C14H17N2.6Y/c2*1-7-9(3)13-14(15-11(7)5)10(4)8(2)12(6)16-13;2*1-7-9(3)13-10(4)8(2)12(6)16-14(13)15-11(7)5;1-7-8(2)13-12(6)15-11(5)9(3)14(13)16-10(7)4;1-7-8(2)13-9(3)11(5)15-12(6)14(13)16-10(7)4;;;;;;/h5H2,1-4,6H3;1H2,2-6H3;5H2,1-4,6H3;1H2,2-6H3;2*5H2,1-4,6H3;;;;;;/q6*-1;;;;;;. The molecule has 102 heavy (non-hydrogen) atoms. The van der Waals surface area contributed by atoms with Crippen molar-refractivity contribution in [3.05, 3.63) is 244 Å².